The van der Waals surface area contributed by atoms with Crippen LogP contribution in [0.4, 0.5) is 4.39 Å². The highest BCUT2D eigenvalue weighted by atomic mass is 19.1. The zero-order valence-corrected chi connectivity index (χ0v) is 18.5. The largest absolute Gasteiger partial charge is 0.463 e. The molecule has 0 fully saturated rings. The van der Waals surface area contributed by atoms with Crippen molar-refractivity contribution >= 4 is 11.9 Å². The van der Waals surface area contributed by atoms with Gasteiger partial charge in [0, 0.05) is 11.4 Å². The van der Waals surface area contributed by atoms with Gasteiger partial charge >= 0.3 is 11.9 Å². The lowest BCUT2D eigenvalue weighted by Gasteiger charge is -2.30. The molecule has 3 rings (SSSR count). The van der Waals surface area contributed by atoms with Crippen molar-refractivity contribution in [2.75, 3.05) is 13.2 Å². The summed E-state index contributed by atoms with van der Waals surface area (Å²) in [6, 6.07) is 13.1. The first-order valence-corrected chi connectivity index (χ1v) is 10.4. The molecule has 0 saturated heterocycles. The lowest BCUT2D eigenvalue weighted by molar-refractivity contribution is -0.139. The van der Waals surface area contributed by atoms with E-state index in [0.717, 1.165) is 0 Å². The van der Waals surface area contributed by atoms with Crippen molar-refractivity contribution in [2.45, 2.75) is 33.6 Å². The fourth-order valence-corrected chi connectivity index (χ4v) is 3.68. The van der Waals surface area contributed by atoms with Crippen molar-refractivity contribution in [1.29, 1.82) is 0 Å². The Morgan fingerprint density at radius 2 is 1.47 bits per heavy atom. The van der Waals surface area contributed by atoms with E-state index in [1.165, 1.54) is 18.2 Å². The van der Waals surface area contributed by atoms with Crippen LogP contribution in [-0.4, -0.2) is 25.2 Å². The van der Waals surface area contributed by atoms with E-state index in [2.05, 4.69) is 5.32 Å². The highest BCUT2D eigenvalue weighted by Gasteiger charge is 2.38. The number of benzene rings is 2. The second-order valence-electron chi connectivity index (χ2n) is 7.18. The molecule has 0 spiro atoms. The smallest absolute Gasteiger partial charge is 0.336 e. The third-order valence-corrected chi connectivity index (χ3v) is 5.01. The van der Waals surface area contributed by atoms with Gasteiger partial charge in [0.2, 0.25) is 0 Å². The van der Waals surface area contributed by atoms with Gasteiger partial charge < -0.3 is 19.5 Å². The van der Waals surface area contributed by atoms with Crippen LogP contribution in [0.25, 0.3) is 0 Å². The summed E-state index contributed by atoms with van der Waals surface area (Å²) in [6.45, 7) is 7.22. The highest BCUT2D eigenvalue weighted by molar-refractivity contribution is 5.99. The summed E-state index contributed by atoms with van der Waals surface area (Å²) in [4.78, 5) is 25.7. The van der Waals surface area contributed by atoms with Crippen molar-refractivity contribution in [3.8, 4) is 11.5 Å². The van der Waals surface area contributed by atoms with Gasteiger partial charge in [0.1, 0.15) is 5.75 Å². The number of rotatable bonds is 7. The van der Waals surface area contributed by atoms with Crippen LogP contribution in [0.5, 0.6) is 11.5 Å². The first kappa shape index (κ1) is 23.1. The molecule has 168 valence electrons. The van der Waals surface area contributed by atoms with Crippen LogP contribution in [-0.2, 0) is 19.1 Å². The molecule has 1 heterocycles. The van der Waals surface area contributed by atoms with Crippen molar-refractivity contribution in [3.63, 3.8) is 0 Å². The third-order valence-electron chi connectivity index (χ3n) is 5.01. The zero-order chi connectivity index (χ0) is 23.3. The molecule has 32 heavy (non-hydrogen) atoms. The molecular weight excluding hydrogens is 413 g/mol. The van der Waals surface area contributed by atoms with E-state index in [4.69, 9.17) is 14.2 Å². The minimum absolute atomic E-state index is 0.0195. The molecule has 1 N–H and O–H groups in total. The number of para-hydroxylation sites is 1. The summed E-state index contributed by atoms with van der Waals surface area (Å²) in [5, 5.41) is 3.08. The maximum atomic E-state index is 14.6. The molecule has 2 aromatic rings. The van der Waals surface area contributed by atoms with E-state index in [0.29, 0.717) is 22.7 Å². The molecule has 0 saturated carbocycles. The Labute approximate surface area is 186 Å². The maximum absolute atomic E-state index is 14.6. The molecule has 0 aromatic heterocycles. The standard InChI is InChI=1S/C25H26FNO5/c1-5-30-24(28)21-15(3)27-16(4)22(25(29)31-6-2)23(21)17-12-13-19(26)20(14-17)32-18-10-8-7-9-11-18/h7-14,23,27H,5-6H2,1-4H3. The van der Waals surface area contributed by atoms with Crippen LogP contribution in [0.2, 0.25) is 0 Å². The summed E-state index contributed by atoms with van der Waals surface area (Å²) in [5.41, 5.74) is 2.13. The van der Waals surface area contributed by atoms with Crippen LogP contribution >= 0.6 is 0 Å². The summed E-state index contributed by atoms with van der Waals surface area (Å²) in [7, 11) is 0. The lowest BCUT2D eigenvalue weighted by atomic mass is 9.80. The summed E-state index contributed by atoms with van der Waals surface area (Å²) < 4.78 is 30.8. The number of halogens is 1. The Morgan fingerprint density at radius 3 is 2.00 bits per heavy atom. The number of hydrogen-bond acceptors (Lipinski definition) is 6. The molecule has 0 unspecified atom stereocenters. The molecule has 0 radical (unpaired) electrons. The molecule has 2 aromatic carbocycles. The van der Waals surface area contributed by atoms with E-state index in [1.807, 2.05) is 6.07 Å². The zero-order valence-electron chi connectivity index (χ0n) is 18.5. The molecule has 0 atom stereocenters. The minimum Gasteiger partial charge on any atom is -0.463 e. The van der Waals surface area contributed by atoms with Gasteiger partial charge in [-0.3, -0.25) is 0 Å². The average Bonchev–Trinajstić information content (AvgIpc) is 2.75. The van der Waals surface area contributed by atoms with Gasteiger partial charge in [0.05, 0.1) is 30.3 Å². The van der Waals surface area contributed by atoms with Gasteiger partial charge in [-0.15, -0.1) is 0 Å². The number of dihydropyridines is 1. The average molecular weight is 439 g/mol. The molecule has 6 nitrogen and oxygen atoms in total. The number of nitrogens with one attached hydrogen (secondary N) is 1. The Morgan fingerprint density at radius 1 is 0.906 bits per heavy atom. The summed E-state index contributed by atoms with van der Waals surface area (Å²) >= 11 is 0. The van der Waals surface area contributed by atoms with Gasteiger partial charge in [-0.25, -0.2) is 14.0 Å². The Balaban J connectivity index is 2.14. The molecule has 0 amide bonds. The predicted molar refractivity (Wildman–Crippen MR) is 117 cm³/mol. The fraction of sp³-hybridized carbons (Fsp3) is 0.280. The van der Waals surface area contributed by atoms with Gasteiger partial charge in [0.15, 0.2) is 11.6 Å². The Bertz CT molecular complexity index is 1030. The van der Waals surface area contributed by atoms with Gasteiger partial charge in [-0.1, -0.05) is 24.3 Å². The summed E-state index contributed by atoms with van der Waals surface area (Å²) in [5.74, 6) is -2.06. The molecule has 0 aliphatic carbocycles. The summed E-state index contributed by atoms with van der Waals surface area (Å²) in [6.07, 6.45) is 0. The van der Waals surface area contributed by atoms with E-state index < -0.39 is 23.7 Å². The van der Waals surface area contributed by atoms with Gasteiger partial charge in [0.25, 0.3) is 0 Å². The number of hydrogen-bond donors (Lipinski definition) is 1. The Kier molecular flexibility index (Phi) is 7.30. The van der Waals surface area contributed by atoms with Crippen LogP contribution in [0, 0.1) is 5.82 Å². The number of carbonyl (C=O) groups is 2. The molecular formula is C25H26FNO5. The number of carbonyl (C=O) groups excluding carboxylic acids is 2. The molecule has 1 aliphatic heterocycles. The second kappa shape index (κ2) is 10.1. The van der Waals surface area contributed by atoms with E-state index in [-0.39, 0.29) is 30.1 Å². The first-order valence-electron chi connectivity index (χ1n) is 10.4. The quantitative estimate of drug-likeness (QED) is 0.614. The first-order chi connectivity index (χ1) is 15.4. The maximum Gasteiger partial charge on any atom is 0.336 e. The Hall–Kier alpha value is -3.61. The van der Waals surface area contributed by atoms with Crippen molar-refractivity contribution in [2.24, 2.45) is 0 Å². The van der Waals surface area contributed by atoms with E-state index >= 15 is 0 Å². The van der Waals surface area contributed by atoms with Crippen molar-refractivity contribution < 1.29 is 28.2 Å². The molecule has 7 heteroatoms. The topological polar surface area (TPSA) is 73.9 Å². The highest BCUT2D eigenvalue weighted by Crippen LogP contribution is 2.41. The SMILES string of the molecule is CCOC(=O)C1=C(C)NC(C)=C(C(=O)OCC)C1c1ccc(F)c(Oc2ccccc2)c1. The van der Waals surface area contributed by atoms with Crippen LogP contribution in [0.15, 0.2) is 71.1 Å². The minimum atomic E-state index is -0.812. The van der Waals surface area contributed by atoms with Gasteiger partial charge in [-0.05, 0) is 57.5 Å². The normalized spacial score (nSPS) is 14.2. The van der Waals surface area contributed by atoms with E-state index in [1.54, 1.807) is 52.0 Å². The molecule has 1 aliphatic rings. The predicted octanol–water partition coefficient (Wildman–Crippen LogP) is 4.98. The number of ether oxygens (including phenoxy) is 3. The van der Waals surface area contributed by atoms with Gasteiger partial charge in [-0.2, -0.15) is 0 Å². The third kappa shape index (κ3) is 4.82. The molecule has 0 bridgehead atoms. The van der Waals surface area contributed by atoms with Crippen LogP contribution in [0.3, 0.4) is 0 Å². The second-order valence-corrected chi connectivity index (χ2v) is 7.18. The number of allylic oxidation sites excluding steroid dienone is 2. The van der Waals surface area contributed by atoms with Crippen molar-refractivity contribution in [1.82, 2.24) is 5.32 Å². The van der Waals surface area contributed by atoms with E-state index in [9.17, 15) is 14.0 Å². The number of esters is 2. The lowest BCUT2D eigenvalue weighted by Crippen LogP contribution is -2.32. The van der Waals surface area contributed by atoms with Crippen molar-refractivity contribution in [3.05, 3.63) is 82.5 Å². The fourth-order valence-electron chi connectivity index (χ4n) is 3.68. The van der Waals surface area contributed by atoms with Crippen LogP contribution in [0.1, 0.15) is 39.2 Å². The van der Waals surface area contributed by atoms with Crippen LogP contribution < -0.4 is 10.1 Å². The monoisotopic (exact) mass is 439 g/mol.